The fourth-order valence-electron chi connectivity index (χ4n) is 2.62. The number of nitrogens with zero attached hydrogens (tertiary/aromatic N) is 1. The topological polar surface area (TPSA) is 257 Å². The molecule has 0 aromatic carbocycles. The smallest absolute Gasteiger partial charge is 0.328 e. The maximum absolute atomic E-state index is 12.7. The van der Waals surface area contributed by atoms with E-state index in [0.29, 0.717) is 5.69 Å². The average molecular weight is 472 g/mol. The summed E-state index contributed by atoms with van der Waals surface area (Å²) in [6, 6.07) is -5.82. The third kappa shape index (κ3) is 9.22. The minimum atomic E-state index is -1.63. The lowest BCUT2D eigenvalue weighted by Gasteiger charge is -2.26. The van der Waals surface area contributed by atoms with Gasteiger partial charge >= 0.3 is 11.9 Å². The lowest BCUT2D eigenvalue weighted by molar-refractivity contribution is -0.143. The molecule has 1 aromatic rings. The van der Waals surface area contributed by atoms with Crippen molar-refractivity contribution in [3.63, 3.8) is 0 Å². The second-order valence-corrected chi connectivity index (χ2v) is 7.19. The summed E-state index contributed by atoms with van der Waals surface area (Å²) in [4.78, 5) is 65.8. The van der Waals surface area contributed by atoms with Gasteiger partial charge < -0.3 is 47.1 Å². The van der Waals surface area contributed by atoms with Crippen LogP contribution in [0.4, 0.5) is 0 Å². The molecule has 0 saturated carbocycles. The van der Waals surface area contributed by atoms with Gasteiger partial charge in [0, 0.05) is 24.7 Å². The second-order valence-electron chi connectivity index (χ2n) is 7.19. The van der Waals surface area contributed by atoms with Crippen LogP contribution in [0.1, 0.15) is 25.5 Å². The summed E-state index contributed by atoms with van der Waals surface area (Å²) in [5, 5.41) is 43.4. The predicted molar refractivity (Wildman–Crippen MR) is 109 cm³/mol. The Morgan fingerprint density at radius 2 is 1.70 bits per heavy atom. The SMILES string of the molecule is CC(O)C(NC(=O)C(N)CCC(=O)O)C(=O)NC(Cc1cnc[nH]1)C(=O)NC(CO)C(=O)O. The van der Waals surface area contributed by atoms with Crippen LogP contribution in [0.25, 0.3) is 0 Å². The van der Waals surface area contributed by atoms with E-state index in [-0.39, 0.29) is 19.3 Å². The van der Waals surface area contributed by atoms with Gasteiger partial charge in [-0.3, -0.25) is 19.2 Å². The number of carbonyl (C=O) groups is 5. The van der Waals surface area contributed by atoms with E-state index in [9.17, 15) is 29.1 Å². The minimum absolute atomic E-state index is 0.159. The van der Waals surface area contributed by atoms with Crippen molar-refractivity contribution in [1.29, 1.82) is 0 Å². The van der Waals surface area contributed by atoms with E-state index in [1.165, 1.54) is 19.4 Å². The molecule has 0 aliphatic heterocycles. The molecule has 0 spiro atoms. The first kappa shape index (κ1) is 27.5. The molecule has 0 aliphatic carbocycles. The number of aromatic nitrogens is 2. The fraction of sp³-hybridized carbons (Fsp3) is 0.556. The maximum Gasteiger partial charge on any atom is 0.328 e. The highest BCUT2D eigenvalue weighted by Crippen LogP contribution is 2.04. The summed E-state index contributed by atoms with van der Waals surface area (Å²) in [6.45, 7) is 0.301. The number of aliphatic hydroxyl groups excluding tert-OH is 2. The summed E-state index contributed by atoms with van der Waals surface area (Å²) in [5.74, 6) is -5.49. The van der Waals surface area contributed by atoms with E-state index >= 15 is 0 Å². The van der Waals surface area contributed by atoms with Crippen molar-refractivity contribution in [3.8, 4) is 0 Å². The molecule has 33 heavy (non-hydrogen) atoms. The second kappa shape index (κ2) is 13.1. The first-order valence-electron chi connectivity index (χ1n) is 9.83. The van der Waals surface area contributed by atoms with Crippen LogP contribution < -0.4 is 21.7 Å². The predicted octanol–water partition coefficient (Wildman–Crippen LogP) is -3.94. The summed E-state index contributed by atoms with van der Waals surface area (Å²) in [5.41, 5.74) is 6.01. The lowest BCUT2D eigenvalue weighted by atomic mass is 10.1. The Bertz CT molecular complexity index is 829. The normalized spacial score (nSPS) is 15.4. The van der Waals surface area contributed by atoms with Gasteiger partial charge in [0.2, 0.25) is 17.7 Å². The minimum Gasteiger partial charge on any atom is -0.481 e. The molecule has 0 aliphatic rings. The highest BCUT2D eigenvalue weighted by molar-refractivity contribution is 5.94. The fourth-order valence-corrected chi connectivity index (χ4v) is 2.62. The molecule has 0 saturated heterocycles. The van der Waals surface area contributed by atoms with E-state index in [2.05, 4.69) is 25.9 Å². The van der Waals surface area contributed by atoms with Gasteiger partial charge in [-0.25, -0.2) is 9.78 Å². The Hall–Kier alpha value is -3.56. The molecule has 5 unspecified atom stereocenters. The number of nitrogens with two attached hydrogens (primary N) is 1. The first-order valence-corrected chi connectivity index (χ1v) is 9.83. The highest BCUT2D eigenvalue weighted by Gasteiger charge is 2.32. The third-order valence-electron chi connectivity index (χ3n) is 4.48. The lowest BCUT2D eigenvalue weighted by Crippen LogP contribution is -2.60. The largest absolute Gasteiger partial charge is 0.481 e. The number of carboxylic acid groups (broad SMARTS) is 2. The Balaban J connectivity index is 2.96. The number of aliphatic carboxylic acids is 2. The van der Waals surface area contributed by atoms with Crippen molar-refractivity contribution >= 4 is 29.7 Å². The number of hydrogen-bond donors (Lipinski definition) is 9. The van der Waals surface area contributed by atoms with Gasteiger partial charge in [0.05, 0.1) is 25.1 Å². The van der Waals surface area contributed by atoms with Crippen LogP contribution in [0, 0.1) is 0 Å². The van der Waals surface area contributed by atoms with E-state index in [0.717, 1.165) is 0 Å². The van der Waals surface area contributed by atoms with Crippen molar-refractivity contribution in [2.75, 3.05) is 6.61 Å². The van der Waals surface area contributed by atoms with Crippen LogP contribution in [-0.4, -0.2) is 96.9 Å². The summed E-state index contributed by atoms with van der Waals surface area (Å²) in [7, 11) is 0. The van der Waals surface area contributed by atoms with E-state index in [4.69, 9.17) is 21.1 Å². The third-order valence-corrected chi connectivity index (χ3v) is 4.48. The number of rotatable bonds is 14. The summed E-state index contributed by atoms with van der Waals surface area (Å²) >= 11 is 0. The van der Waals surface area contributed by atoms with Crippen LogP contribution in [0.5, 0.6) is 0 Å². The molecular weight excluding hydrogens is 444 g/mol. The number of carboxylic acids is 2. The molecule has 1 aromatic heterocycles. The van der Waals surface area contributed by atoms with Crippen molar-refractivity contribution < 1.29 is 44.4 Å². The summed E-state index contributed by atoms with van der Waals surface area (Å²) in [6.07, 6.45) is 0.494. The van der Waals surface area contributed by atoms with Crippen LogP contribution in [0.15, 0.2) is 12.5 Å². The standard InChI is InChI=1S/C18H28N6O9/c1-8(26)14(24-15(29)10(19)2-3-13(27)28)17(31)22-11(4-9-5-20-7-21-9)16(30)23-12(6-25)18(32)33/h5,7-8,10-12,14,25-26H,2-4,6,19H2,1H3,(H,20,21)(H,22,31)(H,23,30)(H,24,29)(H,27,28)(H,32,33). The number of aliphatic hydroxyl groups is 2. The molecule has 15 heteroatoms. The Kier molecular flexibility index (Phi) is 10.9. The average Bonchev–Trinajstić information content (AvgIpc) is 3.25. The monoisotopic (exact) mass is 472 g/mol. The van der Waals surface area contributed by atoms with Crippen molar-refractivity contribution in [3.05, 3.63) is 18.2 Å². The van der Waals surface area contributed by atoms with Gasteiger partial charge in [0.1, 0.15) is 18.1 Å². The Morgan fingerprint density at radius 3 is 2.18 bits per heavy atom. The molecule has 10 N–H and O–H groups in total. The molecule has 0 bridgehead atoms. The van der Waals surface area contributed by atoms with Gasteiger partial charge in [0.25, 0.3) is 0 Å². The van der Waals surface area contributed by atoms with Gasteiger partial charge in [-0.05, 0) is 13.3 Å². The molecule has 0 fully saturated rings. The van der Waals surface area contributed by atoms with Crippen LogP contribution in [0.3, 0.4) is 0 Å². The number of H-pyrrole nitrogens is 1. The number of carbonyl (C=O) groups excluding carboxylic acids is 3. The van der Waals surface area contributed by atoms with Gasteiger partial charge in [-0.1, -0.05) is 0 Å². The number of aromatic amines is 1. The zero-order chi connectivity index (χ0) is 25.1. The zero-order valence-corrected chi connectivity index (χ0v) is 17.7. The van der Waals surface area contributed by atoms with Crippen LogP contribution in [0.2, 0.25) is 0 Å². The summed E-state index contributed by atoms with van der Waals surface area (Å²) < 4.78 is 0. The number of imidazole rings is 1. The zero-order valence-electron chi connectivity index (χ0n) is 17.7. The number of hydrogen-bond acceptors (Lipinski definition) is 9. The van der Waals surface area contributed by atoms with E-state index < -0.39 is 66.5 Å². The van der Waals surface area contributed by atoms with E-state index in [1.807, 2.05) is 0 Å². The molecule has 1 rings (SSSR count). The first-order chi connectivity index (χ1) is 15.5. The van der Waals surface area contributed by atoms with Gasteiger partial charge in [0.15, 0.2) is 0 Å². The Labute approximate surface area is 187 Å². The van der Waals surface area contributed by atoms with Crippen molar-refractivity contribution in [2.24, 2.45) is 5.73 Å². The number of nitrogens with one attached hydrogen (secondary N) is 4. The molecule has 1 heterocycles. The molecular formula is C18H28N6O9. The van der Waals surface area contributed by atoms with E-state index in [1.54, 1.807) is 0 Å². The molecule has 0 radical (unpaired) electrons. The molecule has 15 nitrogen and oxygen atoms in total. The molecule has 184 valence electrons. The molecule has 5 atom stereocenters. The van der Waals surface area contributed by atoms with Crippen LogP contribution in [-0.2, 0) is 30.4 Å². The highest BCUT2D eigenvalue weighted by atomic mass is 16.4. The van der Waals surface area contributed by atoms with Gasteiger partial charge in [-0.15, -0.1) is 0 Å². The maximum atomic E-state index is 12.7. The van der Waals surface area contributed by atoms with Crippen LogP contribution >= 0.6 is 0 Å². The van der Waals surface area contributed by atoms with Crippen molar-refractivity contribution in [2.45, 2.75) is 56.5 Å². The quantitative estimate of drug-likeness (QED) is 0.126. The van der Waals surface area contributed by atoms with Crippen molar-refractivity contribution in [1.82, 2.24) is 25.9 Å². The Morgan fingerprint density at radius 1 is 1.06 bits per heavy atom. The van der Waals surface area contributed by atoms with Gasteiger partial charge in [-0.2, -0.15) is 0 Å². The molecule has 3 amide bonds. The number of amides is 3.